The quantitative estimate of drug-likeness (QED) is 0.878. The highest BCUT2D eigenvalue weighted by atomic mass is 16.5. The third-order valence-electron chi connectivity index (χ3n) is 6.21. The molecule has 4 fully saturated rings. The minimum absolute atomic E-state index is 0.0355. The first-order valence-electron chi connectivity index (χ1n) is 9.65. The number of nitrogens with one attached hydrogen (secondary N) is 2. The monoisotopic (exact) mass is 343 g/mol. The summed E-state index contributed by atoms with van der Waals surface area (Å²) in [5, 5.41) is 6.67. The minimum Gasteiger partial charge on any atom is -0.489 e. The van der Waals surface area contributed by atoms with Crippen LogP contribution >= 0.6 is 0 Å². The molecule has 4 saturated heterocycles. The first-order chi connectivity index (χ1) is 12.1. The number of hydrogen-bond donors (Lipinski definition) is 2. The maximum Gasteiger partial charge on any atom is 0.251 e. The second kappa shape index (κ2) is 6.96. The molecular formula is C20H29N3O2. The fourth-order valence-electron chi connectivity index (χ4n) is 4.64. The molecule has 1 aromatic rings. The molecule has 4 heterocycles. The zero-order valence-corrected chi connectivity index (χ0v) is 15.2. The highest BCUT2D eigenvalue weighted by Gasteiger charge is 2.40. The molecule has 5 rings (SSSR count). The molecule has 4 atom stereocenters. The Morgan fingerprint density at radius 1 is 1.20 bits per heavy atom. The molecule has 5 heteroatoms. The molecule has 25 heavy (non-hydrogen) atoms. The Bertz CT molecular complexity index is 608. The summed E-state index contributed by atoms with van der Waals surface area (Å²) in [5.41, 5.74) is 0.717. The van der Waals surface area contributed by atoms with Crippen LogP contribution in [0.3, 0.4) is 0 Å². The fraction of sp³-hybridized carbons (Fsp3) is 0.650. The molecule has 0 aliphatic carbocycles. The second-order valence-corrected chi connectivity index (χ2v) is 7.92. The van der Waals surface area contributed by atoms with Crippen molar-refractivity contribution in [1.29, 1.82) is 0 Å². The molecule has 1 aromatic carbocycles. The highest BCUT2D eigenvalue weighted by molar-refractivity contribution is 5.94. The van der Waals surface area contributed by atoms with Crippen molar-refractivity contribution < 1.29 is 9.53 Å². The van der Waals surface area contributed by atoms with Gasteiger partial charge in [0.15, 0.2) is 0 Å². The van der Waals surface area contributed by atoms with Crippen molar-refractivity contribution in [1.82, 2.24) is 15.5 Å². The predicted octanol–water partition coefficient (Wildman–Crippen LogP) is 2.03. The Morgan fingerprint density at radius 2 is 1.92 bits per heavy atom. The van der Waals surface area contributed by atoms with Gasteiger partial charge in [-0.05, 0) is 70.0 Å². The van der Waals surface area contributed by atoms with Gasteiger partial charge in [-0.1, -0.05) is 0 Å². The number of rotatable bonds is 4. The van der Waals surface area contributed by atoms with Crippen LogP contribution in [0.25, 0.3) is 0 Å². The molecule has 1 amide bonds. The summed E-state index contributed by atoms with van der Waals surface area (Å²) in [6.45, 7) is 7.66. The largest absolute Gasteiger partial charge is 0.489 e. The van der Waals surface area contributed by atoms with E-state index in [0.29, 0.717) is 23.6 Å². The summed E-state index contributed by atoms with van der Waals surface area (Å²) in [6, 6.07) is 8.81. The van der Waals surface area contributed by atoms with Gasteiger partial charge >= 0.3 is 0 Å². The fourth-order valence-corrected chi connectivity index (χ4v) is 4.64. The Hall–Kier alpha value is -1.59. The van der Waals surface area contributed by atoms with Crippen molar-refractivity contribution in [2.45, 2.75) is 57.3 Å². The number of amides is 1. The molecule has 4 aliphatic rings. The summed E-state index contributed by atoms with van der Waals surface area (Å²) in [4.78, 5) is 15.2. The van der Waals surface area contributed by atoms with Crippen molar-refractivity contribution in [2.75, 3.05) is 19.6 Å². The molecule has 0 saturated carbocycles. The van der Waals surface area contributed by atoms with Gasteiger partial charge in [0, 0.05) is 36.7 Å². The number of carbonyl (C=O) groups excluding carboxylic acids is 1. The standard InChI is InChI=1S/C20H29N3O2/c1-13-11-18(12-21-13)25-17-5-3-16(4-6-17)20(24)22-19-14(2)23-9-7-15(19)8-10-23/h3-6,13-15,18-19,21H,7-12H2,1-2H3,(H,22,24)/t13?,14-,18?,19-/m0/s1. The SMILES string of the molecule is CC1CC(Oc2ccc(C(=O)N[C@@H]3C4CCN(CC4)[C@H]3C)cc2)CN1. The topological polar surface area (TPSA) is 53.6 Å². The molecule has 0 aromatic heterocycles. The first kappa shape index (κ1) is 16.9. The Labute approximate surface area is 150 Å². The second-order valence-electron chi connectivity index (χ2n) is 7.92. The van der Waals surface area contributed by atoms with Crippen molar-refractivity contribution in [3.63, 3.8) is 0 Å². The van der Waals surface area contributed by atoms with Crippen LogP contribution in [-0.4, -0.2) is 54.7 Å². The molecule has 136 valence electrons. The van der Waals surface area contributed by atoms with Gasteiger partial charge < -0.3 is 15.4 Å². The van der Waals surface area contributed by atoms with E-state index in [1.54, 1.807) is 0 Å². The molecule has 0 spiro atoms. The van der Waals surface area contributed by atoms with Crippen LogP contribution in [0.15, 0.2) is 24.3 Å². The maximum atomic E-state index is 12.7. The lowest BCUT2D eigenvalue weighted by Crippen LogP contribution is -2.62. The third kappa shape index (κ3) is 3.53. The minimum atomic E-state index is 0.0355. The number of fused-ring (bicyclic) bond motifs is 3. The lowest BCUT2D eigenvalue weighted by molar-refractivity contribution is 0.0217. The van der Waals surface area contributed by atoms with Crippen molar-refractivity contribution in [2.24, 2.45) is 5.92 Å². The molecule has 0 radical (unpaired) electrons. The lowest BCUT2D eigenvalue weighted by Gasteiger charge is -2.49. The number of benzene rings is 1. The molecule has 4 aliphatic heterocycles. The number of nitrogens with zero attached hydrogens (tertiary/aromatic N) is 1. The predicted molar refractivity (Wildman–Crippen MR) is 98.0 cm³/mol. The van der Waals surface area contributed by atoms with Crippen LogP contribution in [0.5, 0.6) is 5.75 Å². The van der Waals surface area contributed by atoms with Gasteiger partial charge in [-0.25, -0.2) is 0 Å². The zero-order chi connectivity index (χ0) is 17.4. The van der Waals surface area contributed by atoms with E-state index in [2.05, 4.69) is 29.4 Å². The van der Waals surface area contributed by atoms with Gasteiger partial charge in [-0.2, -0.15) is 0 Å². The van der Waals surface area contributed by atoms with Crippen LogP contribution in [-0.2, 0) is 0 Å². The van der Waals surface area contributed by atoms with Gasteiger partial charge in [0.05, 0.1) is 0 Å². The number of ether oxygens (including phenoxy) is 1. The van der Waals surface area contributed by atoms with Gasteiger partial charge in [0.25, 0.3) is 5.91 Å². The van der Waals surface area contributed by atoms with Gasteiger partial charge in [0.1, 0.15) is 11.9 Å². The summed E-state index contributed by atoms with van der Waals surface area (Å²) in [5.74, 6) is 1.50. The van der Waals surface area contributed by atoms with Crippen molar-refractivity contribution in [3.8, 4) is 5.75 Å². The van der Waals surface area contributed by atoms with Gasteiger partial charge in [0.2, 0.25) is 0 Å². The highest BCUT2D eigenvalue weighted by Crippen LogP contribution is 2.32. The number of carbonyl (C=O) groups is 1. The van der Waals surface area contributed by atoms with Crippen LogP contribution in [0.1, 0.15) is 43.5 Å². The van der Waals surface area contributed by atoms with Crippen molar-refractivity contribution >= 4 is 5.91 Å². The molecule has 2 N–H and O–H groups in total. The summed E-state index contributed by atoms with van der Waals surface area (Å²) in [7, 11) is 0. The summed E-state index contributed by atoms with van der Waals surface area (Å²) < 4.78 is 5.99. The van der Waals surface area contributed by atoms with Gasteiger partial charge in [-0.3, -0.25) is 9.69 Å². The summed E-state index contributed by atoms with van der Waals surface area (Å²) in [6.07, 6.45) is 3.66. The average molecular weight is 343 g/mol. The molecule has 2 bridgehead atoms. The van der Waals surface area contributed by atoms with Crippen LogP contribution in [0.4, 0.5) is 0 Å². The zero-order valence-electron chi connectivity index (χ0n) is 15.2. The smallest absolute Gasteiger partial charge is 0.251 e. The van der Waals surface area contributed by atoms with Crippen LogP contribution < -0.4 is 15.4 Å². The number of hydrogen-bond acceptors (Lipinski definition) is 4. The lowest BCUT2D eigenvalue weighted by atomic mass is 9.79. The molecule has 2 unspecified atom stereocenters. The van der Waals surface area contributed by atoms with E-state index >= 15 is 0 Å². The van der Waals surface area contributed by atoms with Crippen molar-refractivity contribution in [3.05, 3.63) is 29.8 Å². The Balaban J connectivity index is 1.36. The Morgan fingerprint density at radius 3 is 2.52 bits per heavy atom. The van der Waals surface area contributed by atoms with Crippen LogP contribution in [0.2, 0.25) is 0 Å². The number of piperidine rings is 3. The van der Waals surface area contributed by atoms with Crippen LogP contribution in [0, 0.1) is 5.92 Å². The average Bonchev–Trinajstić information content (AvgIpc) is 3.04. The molecule has 5 nitrogen and oxygen atoms in total. The maximum absolute atomic E-state index is 12.7. The first-order valence-corrected chi connectivity index (χ1v) is 9.65. The van der Waals surface area contributed by atoms with E-state index in [1.807, 2.05) is 24.3 Å². The van der Waals surface area contributed by atoms with E-state index in [9.17, 15) is 4.79 Å². The Kier molecular flexibility index (Phi) is 4.69. The molecular weight excluding hydrogens is 314 g/mol. The van der Waals surface area contributed by atoms with Gasteiger partial charge in [-0.15, -0.1) is 0 Å². The summed E-state index contributed by atoms with van der Waals surface area (Å²) >= 11 is 0. The van der Waals surface area contributed by atoms with E-state index in [4.69, 9.17) is 4.74 Å². The van der Waals surface area contributed by atoms with E-state index in [1.165, 1.54) is 25.9 Å². The van der Waals surface area contributed by atoms with E-state index in [-0.39, 0.29) is 18.1 Å². The normalized spacial score (nSPS) is 37.0. The van der Waals surface area contributed by atoms with E-state index < -0.39 is 0 Å². The van der Waals surface area contributed by atoms with E-state index in [0.717, 1.165) is 18.7 Å². The third-order valence-corrected chi connectivity index (χ3v) is 6.21.